The number of rotatable bonds is 5. The van der Waals surface area contributed by atoms with Gasteiger partial charge in [0.1, 0.15) is 0 Å². The number of nitrogens with one attached hydrogen (secondary N) is 1. The third-order valence-corrected chi connectivity index (χ3v) is 4.29. The highest BCUT2D eigenvalue weighted by molar-refractivity contribution is 5.91. The molecule has 3 rings (SSSR count). The Morgan fingerprint density at radius 3 is 2.57 bits per heavy atom. The number of nitrogens with zero attached hydrogens (tertiary/aromatic N) is 2. The van der Waals surface area contributed by atoms with Gasteiger partial charge < -0.3 is 14.9 Å². The van der Waals surface area contributed by atoms with Crippen LogP contribution in [-0.4, -0.2) is 27.1 Å². The second-order valence-electron chi connectivity index (χ2n) is 6.21. The smallest absolute Gasteiger partial charge is 0.307 e. The first-order chi connectivity index (χ1) is 10.9. The van der Waals surface area contributed by atoms with Crippen LogP contribution in [0.5, 0.6) is 0 Å². The van der Waals surface area contributed by atoms with E-state index in [9.17, 15) is 9.59 Å². The largest absolute Gasteiger partial charge is 0.481 e. The Hall–Kier alpha value is -2.70. The third kappa shape index (κ3) is 2.81. The van der Waals surface area contributed by atoms with Gasteiger partial charge in [-0.3, -0.25) is 9.59 Å². The van der Waals surface area contributed by atoms with Gasteiger partial charge in [0.15, 0.2) is 0 Å². The standard InChI is InChI=1S/C16H17N3O4/c1-16(2)11(12(16)15(21)22)14(20)17-8-10-18-13(19-23-10)9-6-4-3-5-7-9/h3-7,11-12H,8H2,1-2H3,(H,17,20)(H,21,22). The molecule has 7 nitrogen and oxygen atoms in total. The van der Waals surface area contributed by atoms with Crippen molar-refractivity contribution in [3.8, 4) is 11.4 Å². The number of aliphatic carboxylic acids is 1. The Balaban J connectivity index is 1.61. The number of carboxylic acids is 1. The molecule has 1 amide bonds. The molecular formula is C16H17N3O4. The summed E-state index contributed by atoms with van der Waals surface area (Å²) in [4.78, 5) is 27.4. The van der Waals surface area contributed by atoms with Crippen LogP contribution in [0.3, 0.4) is 0 Å². The Morgan fingerprint density at radius 2 is 1.96 bits per heavy atom. The van der Waals surface area contributed by atoms with Crippen LogP contribution in [0.4, 0.5) is 0 Å². The average molecular weight is 315 g/mol. The van der Waals surface area contributed by atoms with Crippen LogP contribution in [0.15, 0.2) is 34.9 Å². The molecule has 1 aliphatic carbocycles. The SMILES string of the molecule is CC1(C)C(C(=O)O)C1C(=O)NCc1nc(-c2ccccc2)no1. The van der Waals surface area contributed by atoms with Crippen LogP contribution in [0, 0.1) is 17.3 Å². The fourth-order valence-corrected chi connectivity index (χ4v) is 2.89. The van der Waals surface area contributed by atoms with E-state index in [1.165, 1.54) is 0 Å². The van der Waals surface area contributed by atoms with Gasteiger partial charge in [-0.05, 0) is 5.41 Å². The highest BCUT2D eigenvalue weighted by Crippen LogP contribution is 2.58. The summed E-state index contributed by atoms with van der Waals surface area (Å²) < 4.78 is 5.10. The monoisotopic (exact) mass is 315 g/mol. The van der Waals surface area contributed by atoms with E-state index < -0.39 is 23.2 Å². The minimum atomic E-state index is -0.945. The Bertz CT molecular complexity index is 739. The molecule has 120 valence electrons. The Labute approximate surface area is 132 Å². The second-order valence-corrected chi connectivity index (χ2v) is 6.21. The van der Waals surface area contributed by atoms with E-state index in [-0.39, 0.29) is 18.3 Å². The first-order valence-electron chi connectivity index (χ1n) is 7.30. The zero-order valence-electron chi connectivity index (χ0n) is 12.8. The van der Waals surface area contributed by atoms with Crippen molar-refractivity contribution < 1.29 is 19.2 Å². The first kappa shape index (κ1) is 15.2. The highest BCUT2D eigenvalue weighted by Gasteiger charge is 2.65. The fourth-order valence-electron chi connectivity index (χ4n) is 2.89. The van der Waals surface area contributed by atoms with Crippen molar-refractivity contribution in [2.45, 2.75) is 20.4 Å². The lowest BCUT2D eigenvalue weighted by atomic mass is 10.1. The molecule has 1 aliphatic rings. The lowest BCUT2D eigenvalue weighted by Crippen LogP contribution is -2.27. The Kier molecular flexibility index (Phi) is 3.63. The van der Waals surface area contributed by atoms with Gasteiger partial charge >= 0.3 is 5.97 Å². The zero-order chi connectivity index (χ0) is 16.6. The second kappa shape index (κ2) is 5.49. The van der Waals surface area contributed by atoms with Gasteiger partial charge in [-0.15, -0.1) is 0 Å². The molecule has 2 atom stereocenters. The molecule has 1 saturated carbocycles. The average Bonchev–Trinajstić information content (AvgIpc) is 2.88. The zero-order valence-corrected chi connectivity index (χ0v) is 12.8. The van der Waals surface area contributed by atoms with Crippen molar-refractivity contribution in [2.24, 2.45) is 17.3 Å². The summed E-state index contributed by atoms with van der Waals surface area (Å²) in [5.41, 5.74) is 0.294. The van der Waals surface area contributed by atoms with Crippen molar-refractivity contribution in [3.05, 3.63) is 36.2 Å². The summed E-state index contributed by atoms with van der Waals surface area (Å²) in [5, 5.41) is 15.6. The van der Waals surface area contributed by atoms with Crippen molar-refractivity contribution >= 4 is 11.9 Å². The predicted molar refractivity (Wildman–Crippen MR) is 80.0 cm³/mol. The predicted octanol–water partition coefficient (Wildman–Crippen LogP) is 1.71. The molecule has 0 spiro atoms. The molecule has 2 unspecified atom stereocenters. The lowest BCUT2D eigenvalue weighted by molar-refractivity contribution is -0.140. The number of carbonyl (C=O) groups excluding carboxylic acids is 1. The summed E-state index contributed by atoms with van der Waals surface area (Å²) in [6, 6.07) is 9.35. The summed E-state index contributed by atoms with van der Waals surface area (Å²) in [6.07, 6.45) is 0. The van der Waals surface area contributed by atoms with Gasteiger partial charge in [-0.25, -0.2) is 0 Å². The summed E-state index contributed by atoms with van der Waals surface area (Å²) in [6.45, 7) is 3.63. The van der Waals surface area contributed by atoms with E-state index in [0.29, 0.717) is 5.82 Å². The van der Waals surface area contributed by atoms with E-state index in [0.717, 1.165) is 5.56 Å². The third-order valence-electron chi connectivity index (χ3n) is 4.29. The van der Waals surface area contributed by atoms with Crippen LogP contribution in [0.25, 0.3) is 11.4 Å². The highest BCUT2D eigenvalue weighted by atomic mass is 16.5. The molecule has 1 aromatic carbocycles. The van der Waals surface area contributed by atoms with Crippen LogP contribution in [0.2, 0.25) is 0 Å². The molecule has 2 N–H and O–H groups in total. The molecule has 7 heteroatoms. The molecule has 23 heavy (non-hydrogen) atoms. The number of hydrogen-bond donors (Lipinski definition) is 2. The van der Waals surface area contributed by atoms with E-state index in [4.69, 9.17) is 9.63 Å². The van der Waals surface area contributed by atoms with Crippen LogP contribution < -0.4 is 5.32 Å². The number of carboxylic acid groups (broad SMARTS) is 1. The van der Waals surface area contributed by atoms with Crippen LogP contribution >= 0.6 is 0 Å². The summed E-state index contributed by atoms with van der Waals surface area (Å²) in [7, 11) is 0. The fraction of sp³-hybridized carbons (Fsp3) is 0.375. The molecule has 2 aromatic rings. The van der Waals surface area contributed by atoms with Crippen molar-refractivity contribution in [1.29, 1.82) is 0 Å². The normalized spacial score (nSPS) is 21.7. The molecule has 1 fully saturated rings. The number of hydrogen-bond acceptors (Lipinski definition) is 5. The molecule has 0 saturated heterocycles. The molecule has 1 heterocycles. The van der Waals surface area contributed by atoms with E-state index in [2.05, 4.69) is 15.5 Å². The van der Waals surface area contributed by atoms with Crippen molar-refractivity contribution in [2.75, 3.05) is 0 Å². The maximum atomic E-state index is 12.1. The molecular weight excluding hydrogens is 298 g/mol. The lowest BCUT2D eigenvalue weighted by Gasteiger charge is -2.02. The van der Waals surface area contributed by atoms with Gasteiger partial charge in [0.05, 0.1) is 18.4 Å². The van der Waals surface area contributed by atoms with Gasteiger partial charge in [0.25, 0.3) is 0 Å². The number of aromatic nitrogens is 2. The first-order valence-corrected chi connectivity index (χ1v) is 7.30. The van der Waals surface area contributed by atoms with Crippen molar-refractivity contribution in [1.82, 2.24) is 15.5 Å². The number of amides is 1. The van der Waals surface area contributed by atoms with Crippen molar-refractivity contribution in [3.63, 3.8) is 0 Å². The molecule has 0 bridgehead atoms. The quantitative estimate of drug-likeness (QED) is 0.870. The van der Waals surface area contributed by atoms with Gasteiger partial charge in [0, 0.05) is 5.56 Å². The van der Waals surface area contributed by atoms with Gasteiger partial charge in [-0.2, -0.15) is 4.98 Å². The topological polar surface area (TPSA) is 105 Å². The van der Waals surface area contributed by atoms with E-state index in [1.54, 1.807) is 13.8 Å². The minimum Gasteiger partial charge on any atom is -0.481 e. The molecule has 0 aliphatic heterocycles. The van der Waals surface area contributed by atoms with Gasteiger partial charge in [0.2, 0.25) is 17.6 Å². The number of benzene rings is 1. The number of carbonyl (C=O) groups is 2. The minimum absolute atomic E-state index is 0.0809. The van der Waals surface area contributed by atoms with E-state index >= 15 is 0 Å². The Morgan fingerprint density at radius 1 is 1.26 bits per heavy atom. The van der Waals surface area contributed by atoms with Gasteiger partial charge in [-0.1, -0.05) is 49.3 Å². The summed E-state index contributed by atoms with van der Waals surface area (Å²) in [5.74, 6) is -1.70. The molecule has 0 radical (unpaired) electrons. The molecule has 1 aromatic heterocycles. The van der Waals surface area contributed by atoms with Crippen LogP contribution in [0.1, 0.15) is 19.7 Å². The van der Waals surface area contributed by atoms with Crippen LogP contribution in [-0.2, 0) is 16.1 Å². The summed E-state index contributed by atoms with van der Waals surface area (Å²) >= 11 is 0. The maximum Gasteiger partial charge on any atom is 0.307 e. The van der Waals surface area contributed by atoms with E-state index in [1.807, 2.05) is 30.3 Å². The maximum absolute atomic E-state index is 12.1.